The van der Waals surface area contributed by atoms with E-state index in [2.05, 4.69) is 4.72 Å². The van der Waals surface area contributed by atoms with Gasteiger partial charge in [-0.15, -0.1) is 11.3 Å². The molecule has 0 aliphatic rings. The lowest BCUT2D eigenvalue weighted by Crippen LogP contribution is -2.53. The Bertz CT molecular complexity index is 871. The summed E-state index contributed by atoms with van der Waals surface area (Å²) in [5.41, 5.74) is -6.37. The topological polar surface area (TPSA) is 66.4 Å². The molecule has 0 aliphatic carbocycles. The minimum Gasteiger partial charge on any atom is -0.369 e. The predicted molar refractivity (Wildman–Crippen MR) is 82.3 cm³/mol. The van der Waals surface area contributed by atoms with Crippen LogP contribution >= 0.6 is 11.3 Å². The summed E-state index contributed by atoms with van der Waals surface area (Å²) in [6.07, 6.45) is -12.0. The lowest BCUT2D eigenvalue weighted by atomic mass is 9.92. The molecule has 1 aromatic heterocycles. The number of nitrogens with one attached hydrogen (secondary N) is 1. The molecule has 0 atom stereocenters. The number of aryl methyl sites for hydroxylation is 1. The zero-order valence-corrected chi connectivity index (χ0v) is 14.4. The van der Waals surface area contributed by atoms with E-state index in [1.54, 1.807) is 0 Å². The number of rotatable bonds is 4. The number of aliphatic hydroxyl groups is 1. The maximum absolute atomic E-state index is 12.8. The second-order valence-corrected chi connectivity index (χ2v) is 8.07. The summed E-state index contributed by atoms with van der Waals surface area (Å²) in [7, 11) is -4.04. The molecule has 0 radical (unpaired) electrons. The van der Waals surface area contributed by atoms with Gasteiger partial charge >= 0.3 is 12.4 Å². The highest BCUT2D eigenvalue weighted by molar-refractivity contribution is 7.94. The molecular formula is C14H11F6NO3S2. The van der Waals surface area contributed by atoms with Crippen LogP contribution in [-0.4, -0.2) is 25.9 Å². The maximum Gasteiger partial charge on any atom is 0.430 e. The number of benzene rings is 1. The van der Waals surface area contributed by atoms with Crippen LogP contribution in [0.1, 0.15) is 11.1 Å². The number of anilines is 1. The number of thiophene rings is 1. The van der Waals surface area contributed by atoms with Crippen LogP contribution in [0.15, 0.2) is 39.9 Å². The summed E-state index contributed by atoms with van der Waals surface area (Å²) >= 11 is 0.902. The van der Waals surface area contributed by atoms with E-state index in [0.717, 1.165) is 11.3 Å². The summed E-state index contributed by atoms with van der Waals surface area (Å²) < 4.78 is 103. The van der Waals surface area contributed by atoms with Crippen molar-refractivity contribution in [1.29, 1.82) is 0 Å². The van der Waals surface area contributed by atoms with Crippen LogP contribution in [0.25, 0.3) is 0 Å². The molecular weight excluding hydrogens is 408 g/mol. The predicted octanol–water partition coefficient (Wildman–Crippen LogP) is 4.17. The summed E-state index contributed by atoms with van der Waals surface area (Å²) in [5.74, 6) is 0. The Hall–Kier alpha value is -1.79. The fraction of sp³-hybridized carbons (Fsp3) is 0.286. The van der Waals surface area contributed by atoms with Gasteiger partial charge in [-0.3, -0.25) is 4.72 Å². The molecule has 0 aliphatic heterocycles. The van der Waals surface area contributed by atoms with Gasteiger partial charge in [-0.2, -0.15) is 26.3 Å². The van der Waals surface area contributed by atoms with Gasteiger partial charge in [-0.1, -0.05) is 12.1 Å². The molecule has 12 heteroatoms. The summed E-state index contributed by atoms with van der Waals surface area (Å²) in [5, 5.41) is 10.8. The first-order valence-electron chi connectivity index (χ1n) is 6.73. The Labute approximate surface area is 148 Å². The van der Waals surface area contributed by atoms with Crippen molar-refractivity contribution in [3.05, 3.63) is 46.8 Å². The number of hydrogen-bond donors (Lipinski definition) is 2. The summed E-state index contributed by atoms with van der Waals surface area (Å²) in [4.78, 5) is 0. The summed E-state index contributed by atoms with van der Waals surface area (Å²) in [6.45, 7) is 1.53. The van der Waals surface area contributed by atoms with Gasteiger partial charge in [0.15, 0.2) is 0 Å². The standard InChI is InChI=1S/C14H11F6NO3S2/c1-8-6-7-25-11(8)26(23,24)21-10-4-2-9(3-5-10)12(22,13(15,16)17)14(18,19)20/h2-7,21-22H,1H3. The van der Waals surface area contributed by atoms with Crippen molar-refractivity contribution in [2.24, 2.45) is 0 Å². The first-order chi connectivity index (χ1) is 11.7. The van der Waals surface area contributed by atoms with Crippen molar-refractivity contribution in [1.82, 2.24) is 0 Å². The fourth-order valence-electron chi connectivity index (χ4n) is 2.10. The molecule has 4 nitrogen and oxygen atoms in total. The van der Waals surface area contributed by atoms with Crippen molar-refractivity contribution in [2.45, 2.75) is 29.1 Å². The molecule has 1 heterocycles. The van der Waals surface area contributed by atoms with Gasteiger partial charge in [0, 0.05) is 11.3 Å². The molecule has 0 unspecified atom stereocenters. The van der Waals surface area contributed by atoms with Crippen LogP contribution in [-0.2, 0) is 15.6 Å². The van der Waals surface area contributed by atoms with E-state index in [-0.39, 0.29) is 9.90 Å². The molecule has 0 fully saturated rings. The SMILES string of the molecule is Cc1ccsc1S(=O)(=O)Nc1ccc(C(O)(C(F)(F)F)C(F)(F)F)cc1. The van der Waals surface area contributed by atoms with Crippen molar-refractivity contribution in [3.8, 4) is 0 Å². The number of halogens is 6. The van der Waals surface area contributed by atoms with Crippen LogP contribution < -0.4 is 4.72 Å². The number of hydrogen-bond acceptors (Lipinski definition) is 4. The molecule has 0 bridgehead atoms. The van der Waals surface area contributed by atoms with E-state index >= 15 is 0 Å². The monoisotopic (exact) mass is 419 g/mol. The van der Waals surface area contributed by atoms with E-state index in [9.17, 15) is 39.9 Å². The Morgan fingerprint density at radius 2 is 1.46 bits per heavy atom. The van der Waals surface area contributed by atoms with Crippen molar-refractivity contribution in [3.63, 3.8) is 0 Å². The van der Waals surface area contributed by atoms with E-state index in [1.807, 2.05) is 0 Å². The molecule has 0 amide bonds. The molecule has 2 rings (SSSR count). The zero-order valence-electron chi connectivity index (χ0n) is 12.8. The number of alkyl halides is 6. The van der Waals surface area contributed by atoms with Gasteiger partial charge in [0.05, 0.1) is 0 Å². The van der Waals surface area contributed by atoms with E-state index in [0.29, 0.717) is 29.8 Å². The molecule has 0 saturated carbocycles. The van der Waals surface area contributed by atoms with Crippen LogP contribution in [0, 0.1) is 6.92 Å². The minimum absolute atomic E-state index is 0.0383. The van der Waals surface area contributed by atoms with E-state index < -0.39 is 33.5 Å². The third kappa shape index (κ3) is 3.53. The smallest absolute Gasteiger partial charge is 0.369 e. The highest BCUT2D eigenvalue weighted by Gasteiger charge is 2.71. The molecule has 0 spiro atoms. The van der Waals surface area contributed by atoms with Crippen molar-refractivity contribution >= 4 is 27.0 Å². The van der Waals surface area contributed by atoms with E-state index in [1.165, 1.54) is 18.4 Å². The first-order valence-corrected chi connectivity index (χ1v) is 9.10. The van der Waals surface area contributed by atoms with Crippen LogP contribution in [0.5, 0.6) is 0 Å². The third-order valence-corrected chi connectivity index (χ3v) is 6.50. The average molecular weight is 419 g/mol. The largest absolute Gasteiger partial charge is 0.430 e. The maximum atomic E-state index is 12.8. The lowest BCUT2D eigenvalue weighted by Gasteiger charge is -2.32. The second kappa shape index (κ2) is 6.43. The van der Waals surface area contributed by atoms with Crippen molar-refractivity contribution in [2.75, 3.05) is 4.72 Å². The Morgan fingerprint density at radius 3 is 1.85 bits per heavy atom. The Kier molecular flexibility index (Phi) is 5.07. The van der Waals surface area contributed by atoms with Gasteiger partial charge in [-0.05, 0) is 36.1 Å². The van der Waals surface area contributed by atoms with Crippen LogP contribution in [0.3, 0.4) is 0 Å². The first kappa shape index (κ1) is 20.5. The van der Waals surface area contributed by atoms with Crippen LogP contribution in [0.2, 0.25) is 0 Å². The molecule has 0 saturated heterocycles. The normalized spacial score (nSPS) is 13.7. The van der Waals surface area contributed by atoms with Gasteiger partial charge in [0.1, 0.15) is 4.21 Å². The van der Waals surface area contributed by atoms with Gasteiger partial charge in [0.2, 0.25) is 0 Å². The molecule has 2 aromatic rings. The highest BCUT2D eigenvalue weighted by Crippen LogP contribution is 2.50. The van der Waals surface area contributed by atoms with Gasteiger partial charge in [-0.25, -0.2) is 8.42 Å². The molecule has 26 heavy (non-hydrogen) atoms. The van der Waals surface area contributed by atoms with Crippen molar-refractivity contribution < 1.29 is 39.9 Å². The lowest BCUT2D eigenvalue weighted by molar-refractivity contribution is -0.376. The van der Waals surface area contributed by atoms with Gasteiger partial charge < -0.3 is 5.11 Å². The second-order valence-electron chi connectivity index (χ2n) is 5.28. The molecule has 1 aromatic carbocycles. The van der Waals surface area contributed by atoms with Crippen LogP contribution in [0.4, 0.5) is 32.0 Å². The molecule has 2 N–H and O–H groups in total. The Morgan fingerprint density at radius 1 is 0.962 bits per heavy atom. The highest BCUT2D eigenvalue weighted by atomic mass is 32.2. The quantitative estimate of drug-likeness (QED) is 0.732. The Balaban J connectivity index is 2.38. The zero-order chi connectivity index (χ0) is 20.0. The minimum atomic E-state index is -6.01. The average Bonchev–Trinajstić information content (AvgIpc) is 2.91. The molecule has 144 valence electrons. The third-order valence-electron chi connectivity index (χ3n) is 3.43. The van der Waals surface area contributed by atoms with Gasteiger partial charge in [0.25, 0.3) is 15.6 Å². The summed E-state index contributed by atoms with van der Waals surface area (Å²) in [6, 6.07) is 3.67. The number of sulfonamides is 1. The fourth-order valence-corrected chi connectivity index (χ4v) is 4.58. The van der Waals surface area contributed by atoms with E-state index in [4.69, 9.17) is 0 Å².